The monoisotopic (exact) mass is 718 g/mol. The lowest BCUT2D eigenvalue weighted by Crippen LogP contribution is -1.95. The summed E-state index contributed by atoms with van der Waals surface area (Å²) in [5, 5.41) is 8.72. The molecule has 1 N–H and O–H groups in total. The average molecular weight is 719 g/mol. The average Bonchev–Trinajstić information content (AvgIpc) is 3.92. The van der Waals surface area contributed by atoms with E-state index >= 15 is 0 Å². The number of rotatable bonds is 4. The zero-order valence-corrected chi connectivity index (χ0v) is 30.3. The molecule has 12 aromatic rings. The van der Waals surface area contributed by atoms with Gasteiger partial charge in [0, 0.05) is 64.7 Å². The summed E-state index contributed by atoms with van der Waals surface area (Å²) in [7, 11) is 0. The zero-order chi connectivity index (χ0) is 36.0. The van der Waals surface area contributed by atoms with E-state index in [2.05, 4.69) is 161 Å². The van der Waals surface area contributed by atoms with E-state index < -0.39 is 0 Å². The highest BCUT2D eigenvalue weighted by Gasteiger charge is 2.18. The molecule has 4 heterocycles. The summed E-state index contributed by atoms with van der Waals surface area (Å²) in [5.41, 5.74) is 12.2. The Bertz CT molecular complexity index is 3480. The molecule has 4 nitrogen and oxygen atoms in total. The van der Waals surface area contributed by atoms with Crippen LogP contribution in [0.3, 0.4) is 0 Å². The first kappa shape index (κ1) is 30.4. The van der Waals surface area contributed by atoms with Crippen molar-refractivity contribution in [3.63, 3.8) is 0 Å². The number of nitrogens with zero attached hydrogens (tertiary/aromatic N) is 3. The van der Waals surface area contributed by atoms with Crippen LogP contribution in [-0.2, 0) is 0 Å². The van der Waals surface area contributed by atoms with E-state index in [4.69, 9.17) is 9.97 Å². The van der Waals surface area contributed by atoms with Crippen LogP contribution in [-0.4, -0.2) is 19.5 Å². The molecule has 0 radical (unpaired) electrons. The van der Waals surface area contributed by atoms with Gasteiger partial charge in [0.25, 0.3) is 0 Å². The maximum atomic E-state index is 5.09. The number of hydrogen-bond acceptors (Lipinski definition) is 3. The van der Waals surface area contributed by atoms with Crippen molar-refractivity contribution in [2.75, 3.05) is 0 Å². The summed E-state index contributed by atoms with van der Waals surface area (Å²) in [5.74, 6) is 0.733. The van der Waals surface area contributed by atoms with Crippen LogP contribution in [0, 0.1) is 0 Å². The van der Waals surface area contributed by atoms with Crippen molar-refractivity contribution < 1.29 is 0 Å². The van der Waals surface area contributed by atoms with Gasteiger partial charge in [-0.3, -0.25) is 0 Å². The maximum absolute atomic E-state index is 5.09. The largest absolute Gasteiger partial charge is 0.353 e. The highest BCUT2D eigenvalue weighted by molar-refractivity contribution is 7.26. The van der Waals surface area contributed by atoms with E-state index in [1.165, 1.54) is 63.8 Å². The molecule has 256 valence electrons. The van der Waals surface area contributed by atoms with Gasteiger partial charge in [0.2, 0.25) is 0 Å². The summed E-state index contributed by atoms with van der Waals surface area (Å²) >= 11 is 1.88. The van der Waals surface area contributed by atoms with Crippen molar-refractivity contribution in [1.29, 1.82) is 0 Å². The molecule has 5 heteroatoms. The van der Waals surface area contributed by atoms with Crippen LogP contribution >= 0.6 is 11.3 Å². The maximum Gasteiger partial charge on any atom is 0.160 e. The molecule has 0 saturated heterocycles. The standard InChI is InChI=1S/C50H30N4S/c1-2-11-32(12-3-1)50-52-43-19-8-5-17-39(43)47(53-50)31-23-21-30(22-24-31)33-13-10-14-34(27-33)54-44-20-9-6-16-36(44)40-28-41-38-26-25-37-35-15-4-7-18-42(35)51-48(37)49(38)55-46(41)29-45(40)54/h1-29,51H. The Morgan fingerprint density at radius 3 is 2.05 bits per heavy atom. The van der Waals surface area contributed by atoms with Crippen LogP contribution in [0.15, 0.2) is 176 Å². The van der Waals surface area contributed by atoms with Gasteiger partial charge in [-0.1, -0.05) is 133 Å². The van der Waals surface area contributed by atoms with E-state index in [9.17, 15) is 0 Å². The lowest BCUT2D eigenvalue weighted by atomic mass is 10.0. The minimum Gasteiger partial charge on any atom is -0.353 e. The van der Waals surface area contributed by atoms with Crippen molar-refractivity contribution in [2.24, 2.45) is 0 Å². The number of hydrogen-bond donors (Lipinski definition) is 1. The Kier molecular flexibility index (Phi) is 6.47. The fourth-order valence-electron chi connectivity index (χ4n) is 8.55. The molecular formula is C50H30N4S. The number of fused-ring (bicyclic) bond motifs is 11. The quantitative estimate of drug-likeness (QED) is 0.197. The van der Waals surface area contributed by atoms with E-state index in [0.29, 0.717) is 0 Å². The molecule has 12 rings (SSSR count). The van der Waals surface area contributed by atoms with Crippen molar-refractivity contribution in [2.45, 2.75) is 0 Å². The molecule has 0 aliphatic rings. The second-order valence-electron chi connectivity index (χ2n) is 14.3. The van der Waals surface area contributed by atoms with Gasteiger partial charge in [-0.25, -0.2) is 9.97 Å². The fourth-order valence-corrected chi connectivity index (χ4v) is 9.77. The second-order valence-corrected chi connectivity index (χ2v) is 15.3. The molecule has 0 amide bonds. The van der Waals surface area contributed by atoms with Crippen LogP contribution in [0.2, 0.25) is 0 Å². The first-order valence-electron chi connectivity index (χ1n) is 18.6. The number of para-hydroxylation sites is 3. The van der Waals surface area contributed by atoms with Crippen LogP contribution in [0.25, 0.3) is 114 Å². The van der Waals surface area contributed by atoms with Crippen molar-refractivity contribution >= 4 is 86.0 Å². The van der Waals surface area contributed by atoms with Gasteiger partial charge in [0.05, 0.1) is 32.5 Å². The van der Waals surface area contributed by atoms with Gasteiger partial charge in [-0.15, -0.1) is 11.3 Å². The highest BCUT2D eigenvalue weighted by Crippen LogP contribution is 2.44. The highest BCUT2D eigenvalue weighted by atomic mass is 32.1. The zero-order valence-electron chi connectivity index (χ0n) is 29.5. The Hall–Kier alpha value is -7.08. The van der Waals surface area contributed by atoms with Crippen molar-refractivity contribution in [3.05, 3.63) is 176 Å². The van der Waals surface area contributed by atoms with Gasteiger partial charge in [-0.2, -0.15) is 0 Å². The third-order valence-electron chi connectivity index (χ3n) is 11.1. The van der Waals surface area contributed by atoms with Crippen LogP contribution in [0.4, 0.5) is 0 Å². The van der Waals surface area contributed by atoms with Crippen LogP contribution < -0.4 is 0 Å². The number of benzene rings is 8. The summed E-state index contributed by atoms with van der Waals surface area (Å²) < 4.78 is 5.03. The van der Waals surface area contributed by atoms with Crippen molar-refractivity contribution in [3.8, 4) is 39.5 Å². The summed E-state index contributed by atoms with van der Waals surface area (Å²) in [6, 6.07) is 63.0. The predicted octanol–water partition coefficient (Wildman–Crippen LogP) is 13.7. The molecule has 0 atom stereocenters. The molecule has 55 heavy (non-hydrogen) atoms. The normalized spacial score (nSPS) is 12.0. The molecule has 0 saturated carbocycles. The molecule has 0 aliphatic heterocycles. The van der Waals surface area contributed by atoms with Crippen molar-refractivity contribution in [1.82, 2.24) is 19.5 Å². The molecule has 0 aliphatic carbocycles. The van der Waals surface area contributed by atoms with E-state index in [1.807, 2.05) is 35.6 Å². The summed E-state index contributed by atoms with van der Waals surface area (Å²) in [6.45, 7) is 0. The number of thiophene rings is 1. The molecule has 0 fully saturated rings. The number of nitrogens with one attached hydrogen (secondary N) is 1. The van der Waals surface area contributed by atoms with Gasteiger partial charge >= 0.3 is 0 Å². The van der Waals surface area contributed by atoms with Gasteiger partial charge < -0.3 is 9.55 Å². The first-order chi connectivity index (χ1) is 27.2. The SMILES string of the molecule is c1ccc(-c2nc(-c3ccc(-c4cccc(-n5c6ccccc6c6cc7c(cc65)sc5c7ccc6c7ccccc7[nH]c65)c4)cc3)c3ccccc3n2)cc1. The van der Waals surface area contributed by atoms with Gasteiger partial charge in [0.15, 0.2) is 5.82 Å². The molecule has 4 aromatic heterocycles. The predicted molar refractivity (Wildman–Crippen MR) is 232 cm³/mol. The van der Waals surface area contributed by atoms with Gasteiger partial charge in [0.1, 0.15) is 0 Å². The summed E-state index contributed by atoms with van der Waals surface area (Å²) in [4.78, 5) is 13.7. The Morgan fingerprint density at radius 1 is 0.436 bits per heavy atom. The minimum atomic E-state index is 0.733. The molecule has 0 unspecified atom stereocenters. The van der Waals surface area contributed by atoms with E-state index in [0.717, 1.165) is 50.4 Å². The Labute approximate surface area is 319 Å². The lowest BCUT2D eigenvalue weighted by Gasteiger charge is -2.12. The van der Waals surface area contributed by atoms with E-state index in [1.54, 1.807) is 0 Å². The van der Waals surface area contributed by atoms with E-state index in [-0.39, 0.29) is 0 Å². The Morgan fingerprint density at radius 2 is 1.16 bits per heavy atom. The second kappa shape index (κ2) is 11.7. The smallest absolute Gasteiger partial charge is 0.160 e. The third kappa shape index (κ3) is 4.64. The number of aromatic amines is 1. The number of H-pyrrole nitrogens is 1. The molecule has 0 spiro atoms. The van der Waals surface area contributed by atoms with Crippen LogP contribution in [0.1, 0.15) is 0 Å². The minimum absolute atomic E-state index is 0.733. The topological polar surface area (TPSA) is 46.5 Å². The van der Waals surface area contributed by atoms with Crippen LogP contribution in [0.5, 0.6) is 0 Å². The Balaban J connectivity index is 0.986. The first-order valence-corrected chi connectivity index (χ1v) is 19.4. The van der Waals surface area contributed by atoms with Gasteiger partial charge in [-0.05, 0) is 53.6 Å². The summed E-state index contributed by atoms with van der Waals surface area (Å²) in [6.07, 6.45) is 0. The molecule has 0 bridgehead atoms. The fraction of sp³-hybridized carbons (Fsp3) is 0. The molecular weight excluding hydrogens is 689 g/mol. The molecule has 8 aromatic carbocycles. The third-order valence-corrected chi connectivity index (χ3v) is 12.3. The number of aromatic nitrogens is 4. The lowest BCUT2D eigenvalue weighted by molar-refractivity contribution is 1.18.